The zero-order chi connectivity index (χ0) is 18.1. The third kappa shape index (κ3) is 3.17. The minimum atomic E-state index is -0.172. The van der Waals surface area contributed by atoms with Crippen LogP contribution in [-0.4, -0.2) is 20.6 Å². The normalized spacial score (nSPS) is 17.6. The molecule has 1 saturated carbocycles. The van der Waals surface area contributed by atoms with Crippen LogP contribution in [0, 0.1) is 0 Å². The van der Waals surface area contributed by atoms with Gasteiger partial charge in [-0.15, -0.1) is 0 Å². The first kappa shape index (κ1) is 17.3. The first-order chi connectivity index (χ1) is 12.6. The number of para-hydroxylation sites is 2. The number of Topliss-reactive ketones (excluding diaryl/α,β-unsaturated/α-hetero) is 1. The van der Waals surface area contributed by atoms with Crippen molar-refractivity contribution in [2.75, 3.05) is 0 Å². The van der Waals surface area contributed by atoms with Crippen LogP contribution in [0.2, 0.25) is 5.02 Å². The highest BCUT2D eigenvalue weighted by atomic mass is 35.5. The Morgan fingerprint density at radius 2 is 1.81 bits per heavy atom. The molecule has 0 N–H and O–H groups in total. The Hall–Kier alpha value is -2.11. The van der Waals surface area contributed by atoms with Crippen LogP contribution in [0.4, 0.5) is 0 Å². The largest absolute Gasteiger partial charge is 0.298 e. The number of hydrogen-bond donors (Lipinski definition) is 0. The number of halogens is 1. The minimum absolute atomic E-state index is 0.162. The van der Waals surface area contributed by atoms with Gasteiger partial charge in [-0.25, -0.2) is 4.98 Å². The van der Waals surface area contributed by atoms with E-state index in [-0.39, 0.29) is 16.6 Å². The van der Waals surface area contributed by atoms with Gasteiger partial charge in [-0.2, -0.15) is 0 Å². The number of thioether (sulfide) groups is 1. The second-order valence-electron chi connectivity index (χ2n) is 6.32. The summed E-state index contributed by atoms with van der Waals surface area (Å²) < 4.78 is 1.54. The average molecular weight is 385 g/mol. The molecule has 4 rings (SSSR count). The summed E-state index contributed by atoms with van der Waals surface area (Å²) in [5, 5.41) is 1.36. The van der Waals surface area contributed by atoms with E-state index in [4.69, 9.17) is 16.6 Å². The topological polar surface area (TPSA) is 52.0 Å². The highest BCUT2D eigenvalue weighted by Crippen LogP contribution is 2.33. The summed E-state index contributed by atoms with van der Waals surface area (Å²) in [4.78, 5) is 30.2. The Kier molecular flexibility index (Phi) is 4.83. The van der Waals surface area contributed by atoms with Gasteiger partial charge in [-0.3, -0.25) is 14.2 Å². The molecule has 0 aliphatic heterocycles. The van der Waals surface area contributed by atoms with E-state index in [0.29, 0.717) is 33.2 Å². The second kappa shape index (κ2) is 7.25. The number of fused-ring (bicyclic) bond motifs is 1. The van der Waals surface area contributed by atoms with E-state index in [1.807, 2.05) is 30.3 Å². The molecule has 0 spiro atoms. The molecule has 1 aliphatic rings. The lowest BCUT2D eigenvalue weighted by atomic mass is 9.99. The van der Waals surface area contributed by atoms with Crippen molar-refractivity contribution in [3.8, 4) is 5.69 Å². The van der Waals surface area contributed by atoms with Crippen LogP contribution in [0.3, 0.4) is 0 Å². The molecular formula is C20H17ClN2O2S. The molecule has 2 aromatic carbocycles. The van der Waals surface area contributed by atoms with Crippen molar-refractivity contribution in [1.29, 1.82) is 0 Å². The number of aromatic nitrogens is 2. The lowest BCUT2D eigenvalue weighted by Gasteiger charge is -2.21. The summed E-state index contributed by atoms with van der Waals surface area (Å²) in [5.74, 6) is 0.231. The molecule has 1 atom stereocenters. The molecule has 1 heterocycles. The van der Waals surface area contributed by atoms with Crippen LogP contribution in [0.15, 0.2) is 58.5 Å². The summed E-state index contributed by atoms with van der Waals surface area (Å²) >= 11 is 7.74. The van der Waals surface area contributed by atoms with Crippen molar-refractivity contribution in [1.82, 2.24) is 9.55 Å². The first-order valence-corrected chi connectivity index (χ1v) is 9.87. The van der Waals surface area contributed by atoms with Gasteiger partial charge >= 0.3 is 0 Å². The minimum Gasteiger partial charge on any atom is -0.298 e. The Labute approximate surface area is 160 Å². The maximum atomic E-state index is 13.2. The fraction of sp³-hybridized carbons (Fsp3) is 0.250. The molecule has 26 heavy (non-hydrogen) atoms. The van der Waals surface area contributed by atoms with Crippen LogP contribution in [-0.2, 0) is 4.79 Å². The molecule has 0 radical (unpaired) electrons. The monoisotopic (exact) mass is 384 g/mol. The van der Waals surface area contributed by atoms with Gasteiger partial charge in [0, 0.05) is 6.42 Å². The highest BCUT2D eigenvalue weighted by Gasteiger charge is 2.26. The number of ketones is 1. The van der Waals surface area contributed by atoms with Crippen molar-refractivity contribution in [2.24, 2.45) is 0 Å². The predicted molar refractivity (Wildman–Crippen MR) is 105 cm³/mol. The van der Waals surface area contributed by atoms with Crippen molar-refractivity contribution < 1.29 is 4.79 Å². The number of benzene rings is 2. The Morgan fingerprint density at radius 3 is 2.62 bits per heavy atom. The Bertz CT molecular complexity index is 1050. The van der Waals surface area contributed by atoms with Crippen molar-refractivity contribution >= 4 is 40.0 Å². The van der Waals surface area contributed by atoms with Gasteiger partial charge in [0.05, 0.1) is 26.9 Å². The van der Waals surface area contributed by atoms with Gasteiger partial charge in [0.2, 0.25) is 0 Å². The van der Waals surface area contributed by atoms with Crippen LogP contribution < -0.4 is 5.56 Å². The average Bonchev–Trinajstić information content (AvgIpc) is 2.65. The molecule has 0 bridgehead atoms. The summed E-state index contributed by atoms with van der Waals surface area (Å²) in [6.45, 7) is 0. The molecule has 1 fully saturated rings. The van der Waals surface area contributed by atoms with Gasteiger partial charge < -0.3 is 0 Å². The molecule has 1 aliphatic carbocycles. The van der Waals surface area contributed by atoms with Crippen molar-refractivity contribution in [3.63, 3.8) is 0 Å². The van der Waals surface area contributed by atoms with Gasteiger partial charge in [0.15, 0.2) is 5.16 Å². The van der Waals surface area contributed by atoms with Crippen LogP contribution in [0.1, 0.15) is 25.7 Å². The van der Waals surface area contributed by atoms with Gasteiger partial charge in [0.25, 0.3) is 5.56 Å². The molecule has 0 saturated heterocycles. The lowest BCUT2D eigenvalue weighted by Crippen LogP contribution is -2.26. The van der Waals surface area contributed by atoms with Gasteiger partial charge in [-0.1, -0.05) is 54.0 Å². The Balaban J connectivity index is 1.92. The number of hydrogen-bond acceptors (Lipinski definition) is 4. The Morgan fingerprint density at radius 1 is 1.04 bits per heavy atom. The summed E-state index contributed by atoms with van der Waals surface area (Å²) in [6.07, 6.45) is 3.38. The number of carbonyl (C=O) groups excluding carboxylic acids is 1. The van der Waals surface area contributed by atoms with Crippen molar-refractivity contribution in [3.05, 3.63) is 63.9 Å². The zero-order valence-electron chi connectivity index (χ0n) is 14.0. The zero-order valence-corrected chi connectivity index (χ0v) is 15.6. The first-order valence-electron chi connectivity index (χ1n) is 8.61. The molecule has 6 heteroatoms. The third-order valence-electron chi connectivity index (χ3n) is 4.58. The number of rotatable bonds is 3. The van der Waals surface area contributed by atoms with E-state index in [9.17, 15) is 9.59 Å². The summed E-state index contributed by atoms with van der Waals surface area (Å²) in [7, 11) is 0. The lowest BCUT2D eigenvalue weighted by molar-refractivity contribution is -0.119. The maximum Gasteiger partial charge on any atom is 0.266 e. The summed E-state index contributed by atoms with van der Waals surface area (Å²) in [6, 6.07) is 14.5. The SMILES string of the molecule is O=C1CCCC[C@@H]1Sc1nc2ccccc2c(=O)n1-c1ccccc1Cl. The fourth-order valence-corrected chi connectivity index (χ4v) is 4.69. The van der Waals surface area contributed by atoms with Crippen LogP contribution >= 0.6 is 23.4 Å². The number of carbonyl (C=O) groups is 1. The molecule has 4 nitrogen and oxygen atoms in total. The van der Waals surface area contributed by atoms with Crippen molar-refractivity contribution in [2.45, 2.75) is 36.1 Å². The van der Waals surface area contributed by atoms with E-state index in [1.165, 1.54) is 16.3 Å². The van der Waals surface area contributed by atoms with Crippen LogP contribution in [0.5, 0.6) is 0 Å². The second-order valence-corrected chi connectivity index (χ2v) is 7.90. The van der Waals surface area contributed by atoms with E-state index < -0.39 is 0 Å². The van der Waals surface area contributed by atoms with E-state index in [0.717, 1.165) is 19.3 Å². The van der Waals surface area contributed by atoms with Crippen LogP contribution in [0.25, 0.3) is 16.6 Å². The molecule has 0 unspecified atom stereocenters. The molecule has 0 amide bonds. The fourth-order valence-electron chi connectivity index (χ4n) is 3.24. The van der Waals surface area contributed by atoms with Gasteiger partial charge in [-0.05, 0) is 37.1 Å². The van der Waals surface area contributed by atoms with Gasteiger partial charge in [0.1, 0.15) is 5.78 Å². The summed E-state index contributed by atoms with van der Waals surface area (Å²) in [5.41, 5.74) is 1.05. The number of nitrogens with zero attached hydrogens (tertiary/aromatic N) is 2. The molecule has 3 aromatic rings. The predicted octanol–water partition coefficient (Wildman–Crippen LogP) is 4.64. The third-order valence-corrected chi connectivity index (χ3v) is 6.17. The quantitative estimate of drug-likeness (QED) is 0.617. The maximum absolute atomic E-state index is 13.2. The molecule has 1 aromatic heterocycles. The molecule has 132 valence electrons. The smallest absolute Gasteiger partial charge is 0.266 e. The van der Waals surface area contributed by atoms with E-state index in [2.05, 4.69) is 0 Å². The molecular weight excluding hydrogens is 368 g/mol. The van der Waals surface area contributed by atoms with E-state index >= 15 is 0 Å². The van der Waals surface area contributed by atoms with E-state index in [1.54, 1.807) is 18.2 Å². The standard InChI is InChI=1S/C20H17ClN2O2S/c21-14-8-2-4-10-16(14)23-19(25)13-7-1-3-9-15(13)22-20(23)26-18-12-6-5-11-17(18)24/h1-4,7-10,18H,5-6,11-12H2/t18-/m0/s1. The highest BCUT2D eigenvalue weighted by molar-refractivity contribution is 8.00.